The van der Waals surface area contributed by atoms with E-state index in [1.54, 1.807) is 4.68 Å². The molecule has 18 heavy (non-hydrogen) atoms. The summed E-state index contributed by atoms with van der Waals surface area (Å²) in [6.07, 6.45) is 2.27. The van der Waals surface area contributed by atoms with E-state index in [4.69, 9.17) is 11.6 Å². The molecule has 5 heteroatoms. The Bertz CT molecular complexity index is 442. The molecular weight excluding hydrogens is 248 g/mol. The number of hydrogen-bond donors (Lipinski definition) is 1. The maximum atomic E-state index is 6.37. The lowest BCUT2D eigenvalue weighted by molar-refractivity contribution is 0.243. The highest BCUT2D eigenvalue weighted by Gasteiger charge is 2.37. The minimum absolute atomic E-state index is 0.700. The number of aryl methyl sites for hydroxylation is 2. The van der Waals surface area contributed by atoms with Crippen LogP contribution in [-0.2, 0) is 20.0 Å². The molecule has 2 saturated heterocycles. The molecule has 4 nitrogen and oxygen atoms in total. The molecule has 100 valence electrons. The third-order valence-corrected chi connectivity index (χ3v) is 4.88. The highest BCUT2D eigenvalue weighted by atomic mass is 35.5. The van der Waals surface area contributed by atoms with Crippen LogP contribution in [0, 0.1) is 5.92 Å². The van der Waals surface area contributed by atoms with Crippen molar-refractivity contribution in [2.45, 2.75) is 32.4 Å². The second-order valence-electron chi connectivity index (χ2n) is 5.44. The van der Waals surface area contributed by atoms with Crippen LogP contribution in [0.2, 0.25) is 5.15 Å². The number of halogens is 1. The fourth-order valence-electron chi connectivity index (χ4n) is 3.38. The minimum atomic E-state index is 0.700. The van der Waals surface area contributed by atoms with Crippen LogP contribution in [0.3, 0.4) is 0 Å². The van der Waals surface area contributed by atoms with Gasteiger partial charge in [0.05, 0.1) is 5.69 Å². The van der Waals surface area contributed by atoms with Crippen molar-refractivity contribution in [3.8, 4) is 0 Å². The minimum Gasteiger partial charge on any atom is -0.315 e. The number of nitrogens with zero attached hydrogens (tertiary/aromatic N) is 3. The van der Waals surface area contributed by atoms with E-state index in [2.05, 4.69) is 22.2 Å². The van der Waals surface area contributed by atoms with Crippen molar-refractivity contribution >= 4 is 11.6 Å². The molecule has 1 N–H and O–H groups in total. The van der Waals surface area contributed by atoms with Crippen molar-refractivity contribution in [2.24, 2.45) is 13.0 Å². The van der Waals surface area contributed by atoms with Crippen LogP contribution < -0.4 is 5.32 Å². The molecule has 2 aliphatic rings. The molecule has 0 spiro atoms. The summed E-state index contributed by atoms with van der Waals surface area (Å²) in [6.45, 7) is 6.61. The zero-order chi connectivity index (χ0) is 12.7. The normalized spacial score (nSPS) is 27.9. The van der Waals surface area contributed by atoms with Crippen LogP contribution in [0.4, 0.5) is 0 Å². The lowest BCUT2D eigenvalue weighted by Crippen LogP contribution is -2.33. The van der Waals surface area contributed by atoms with Crippen LogP contribution in [0.15, 0.2) is 0 Å². The van der Waals surface area contributed by atoms with Crippen LogP contribution in [0.25, 0.3) is 0 Å². The molecule has 0 saturated carbocycles. The van der Waals surface area contributed by atoms with E-state index in [0.29, 0.717) is 6.04 Å². The molecule has 2 fully saturated rings. The highest BCUT2D eigenvalue weighted by molar-refractivity contribution is 6.30. The van der Waals surface area contributed by atoms with Crippen LogP contribution in [-0.4, -0.2) is 40.4 Å². The molecule has 0 aliphatic carbocycles. The van der Waals surface area contributed by atoms with Crippen molar-refractivity contribution in [1.82, 2.24) is 20.0 Å². The van der Waals surface area contributed by atoms with Gasteiger partial charge in [-0.15, -0.1) is 0 Å². The Kier molecular flexibility index (Phi) is 3.34. The smallest absolute Gasteiger partial charge is 0.131 e. The monoisotopic (exact) mass is 268 g/mol. The van der Waals surface area contributed by atoms with Crippen molar-refractivity contribution in [1.29, 1.82) is 0 Å². The Morgan fingerprint density at radius 3 is 3.06 bits per heavy atom. The van der Waals surface area contributed by atoms with Gasteiger partial charge in [-0.25, -0.2) is 0 Å². The van der Waals surface area contributed by atoms with E-state index >= 15 is 0 Å². The highest BCUT2D eigenvalue weighted by Crippen LogP contribution is 2.31. The molecule has 2 aliphatic heterocycles. The molecule has 0 bridgehead atoms. The lowest BCUT2D eigenvalue weighted by Gasteiger charge is -2.23. The van der Waals surface area contributed by atoms with E-state index in [0.717, 1.165) is 36.3 Å². The van der Waals surface area contributed by atoms with Crippen LogP contribution >= 0.6 is 11.6 Å². The second-order valence-corrected chi connectivity index (χ2v) is 5.80. The average molecular weight is 269 g/mol. The second kappa shape index (κ2) is 4.83. The van der Waals surface area contributed by atoms with Gasteiger partial charge in [0.15, 0.2) is 0 Å². The zero-order valence-corrected chi connectivity index (χ0v) is 11.9. The predicted molar refractivity (Wildman–Crippen MR) is 72.8 cm³/mol. The maximum Gasteiger partial charge on any atom is 0.131 e. The van der Waals surface area contributed by atoms with Gasteiger partial charge in [0, 0.05) is 31.7 Å². The number of fused-ring (bicyclic) bond motifs is 1. The van der Waals surface area contributed by atoms with E-state index in [1.165, 1.54) is 25.1 Å². The molecule has 0 radical (unpaired) electrons. The van der Waals surface area contributed by atoms with E-state index < -0.39 is 0 Å². The third kappa shape index (κ3) is 1.96. The molecular formula is C13H21ClN4. The SMILES string of the molecule is CCc1nn(C)c(Cl)c1CN1CCC2CNCC21. The summed E-state index contributed by atoms with van der Waals surface area (Å²) < 4.78 is 1.80. The molecule has 3 rings (SSSR count). The Morgan fingerprint density at radius 2 is 2.28 bits per heavy atom. The van der Waals surface area contributed by atoms with Gasteiger partial charge >= 0.3 is 0 Å². The summed E-state index contributed by atoms with van der Waals surface area (Å²) in [4.78, 5) is 2.58. The number of rotatable bonds is 3. The molecule has 0 amide bonds. The van der Waals surface area contributed by atoms with Gasteiger partial charge in [0.1, 0.15) is 5.15 Å². The summed E-state index contributed by atoms with van der Waals surface area (Å²) >= 11 is 6.37. The van der Waals surface area contributed by atoms with Gasteiger partial charge in [-0.2, -0.15) is 5.10 Å². The Hall–Kier alpha value is -0.580. The summed E-state index contributed by atoms with van der Waals surface area (Å²) in [5.74, 6) is 0.838. The van der Waals surface area contributed by atoms with Crippen molar-refractivity contribution in [3.05, 3.63) is 16.4 Å². The average Bonchev–Trinajstić information content (AvgIpc) is 3.01. The molecule has 2 unspecified atom stereocenters. The molecule has 1 aromatic heterocycles. The maximum absolute atomic E-state index is 6.37. The number of hydrogen-bond acceptors (Lipinski definition) is 3. The quantitative estimate of drug-likeness (QED) is 0.900. The van der Waals surface area contributed by atoms with Crippen molar-refractivity contribution < 1.29 is 0 Å². The van der Waals surface area contributed by atoms with Crippen molar-refractivity contribution in [3.63, 3.8) is 0 Å². The molecule has 1 aromatic rings. The van der Waals surface area contributed by atoms with Gasteiger partial charge in [-0.1, -0.05) is 18.5 Å². The molecule has 3 heterocycles. The Morgan fingerprint density at radius 1 is 1.44 bits per heavy atom. The Balaban J connectivity index is 1.80. The first kappa shape index (κ1) is 12.5. The van der Waals surface area contributed by atoms with E-state index in [1.807, 2.05) is 7.05 Å². The summed E-state index contributed by atoms with van der Waals surface area (Å²) in [5.41, 5.74) is 2.38. The zero-order valence-electron chi connectivity index (χ0n) is 11.1. The standard InChI is InChI=1S/C13H21ClN4/c1-3-11-10(13(14)17(2)16-11)8-18-5-4-9-6-15-7-12(9)18/h9,12,15H,3-8H2,1-2H3. The summed E-state index contributed by atoms with van der Waals surface area (Å²) in [5, 5.41) is 8.80. The lowest BCUT2D eigenvalue weighted by atomic mass is 10.0. The summed E-state index contributed by atoms with van der Waals surface area (Å²) in [6, 6.07) is 0.700. The van der Waals surface area contributed by atoms with Crippen molar-refractivity contribution in [2.75, 3.05) is 19.6 Å². The first-order valence-electron chi connectivity index (χ1n) is 6.85. The first-order chi connectivity index (χ1) is 8.70. The first-order valence-corrected chi connectivity index (χ1v) is 7.23. The molecule has 0 aromatic carbocycles. The third-order valence-electron chi connectivity index (χ3n) is 4.41. The Labute approximate surface area is 113 Å². The summed E-state index contributed by atoms with van der Waals surface area (Å²) in [7, 11) is 1.93. The van der Waals surface area contributed by atoms with Crippen LogP contribution in [0.5, 0.6) is 0 Å². The van der Waals surface area contributed by atoms with Gasteiger partial charge in [0.2, 0.25) is 0 Å². The number of aromatic nitrogens is 2. The largest absolute Gasteiger partial charge is 0.315 e. The number of nitrogens with one attached hydrogen (secondary N) is 1. The van der Waals surface area contributed by atoms with E-state index in [9.17, 15) is 0 Å². The number of likely N-dealkylation sites (tertiary alicyclic amines) is 1. The topological polar surface area (TPSA) is 33.1 Å². The fourth-order valence-corrected chi connectivity index (χ4v) is 3.58. The van der Waals surface area contributed by atoms with Gasteiger partial charge in [-0.3, -0.25) is 9.58 Å². The molecule has 2 atom stereocenters. The van der Waals surface area contributed by atoms with E-state index in [-0.39, 0.29) is 0 Å². The fraction of sp³-hybridized carbons (Fsp3) is 0.769. The predicted octanol–water partition coefficient (Wildman–Crippen LogP) is 1.43. The van der Waals surface area contributed by atoms with Gasteiger partial charge in [0.25, 0.3) is 0 Å². The van der Waals surface area contributed by atoms with Gasteiger partial charge in [-0.05, 0) is 31.8 Å². The van der Waals surface area contributed by atoms with Crippen LogP contribution in [0.1, 0.15) is 24.6 Å². The van der Waals surface area contributed by atoms with Gasteiger partial charge < -0.3 is 5.32 Å².